The van der Waals surface area contributed by atoms with Gasteiger partial charge in [-0.05, 0) is 117 Å². The van der Waals surface area contributed by atoms with Gasteiger partial charge in [0.1, 0.15) is 0 Å². The Labute approximate surface area is 432 Å². The molecule has 12 aromatic rings. The van der Waals surface area contributed by atoms with Crippen LogP contribution in [0.5, 0.6) is 0 Å². The Morgan fingerprint density at radius 1 is 0.189 bits per heavy atom. The van der Waals surface area contributed by atoms with Crippen molar-refractivity contribution in [2.24, 2.45) is 0 Å². The lowest BCUT2D eigenvalue weighted by Gasteiger charge is -2.29. The van der Waals surface area contributed by atoms with Crippen molar-refractivity contribution in [3.05, 3.63) is 297 Å². The summed E-state index contributed by atoms with van der Waals surface area (Å²) in [5.74, 6) is 1.67. The van der Waals surface area contributed by atoms with Gasteiger partial charge in [0.05, 0.1) is 11.4 Å². The fourth-order valence-electron chi connectivity index (χ4n) is 9.72. The molecule has 0 atom stereocenters. The molecule has 0 unspecified atom stereocenters. The lowest BCUT2D eigenvalue weighted by molar-refractivity contribution is 1.07. The maximum absolute atomic E-state index is 5.55. The summed E-state index contributed by atoms with van der Waals surface area (Å²) < 4.78 is 0. The summed E-state index contributed by atoms with van der Waals surface area (Å²) in [4.78, 5) is 21.0. The zero-order valence-electron chi connectivity index (χ0n) is 40.5. The number of aromatic nitrogens is 3. The van der Waals surface area contributed by atoms with Gasteiger partial charge in [0.2, 0.25) is 0 Å². The van der Waals surface area contributed by atoms with E-state index in [2.05, 4.69) is 289 Å². The molecule has 0 aliphatic carbocycles. The van der Waals surface area contributed by atoms with E-state index in [-0.39, 0.29) is 0 Å². The quantitative estimate of drug-likeness (QED) is 0.115. The van der Waals surface area contributed by atoms with Crippen molar-refractivity contribution in [1.29, 1.82) is 0 Å². The Morgan fingerprint density at radius 3 is 0.743 bits per heavy atom. The summed E-state index contributed by atoms with van der Waals surface area (Å²) in [6.45, 7) is 0. The Balaban J connectivity index is 1.06. The van der Waals surface area contributed by atoms with Crippen LogP contribution in [0.3, 0.4) is 0 Å². The second-order valence-electron chi connectivity index (χ2n) is 18.0. The smallest absolute Gasteiger partial charge is 0.166 e. The molecule has 1 aromatic heterocycles. The first kappa shape index (κ1) is 45.2. The molecule has 0 N–H and O–H groups in total. The van der Waals surface area contributed by atoms with E-state index in [4.69, 9.17) is 15.0 Å². The van der Waals surface area contributed by atoms with Crippen LogP contribution in [0, 0.1) is 0 Å². The highest BCUT2D eigenvalue weighted by Crippen LogP contribution is 2.45. The first-order chi connectivity index (χ1) is 36.7. The summed E-state index contributed by atoms with van der Waals surface area (Å²) >= 11 is 0. The van der Waals surface area contributed by atoms with Crippen LogP contribution in [0.2, 0.25) is 0 Å². The Morgan fingerprint density at radius 2 is 0.432 bits per heavy atom. The number of nitrogens with zero attached hydrogens (tertiary/aromatic N) is 5. The molecule has 0 fully saturated rings. The maximum atomic E-state index is 5.55. The lowest BCUT2D eigenvalue weighted by atomic mass is 10.0. The van der Waals surface area contributed by atoms with Crippen molar-refractivity contribution in [1.82, 2.24) is 15.0 Å². The molecular formula is C69H49N5. The number of benzene rings is 11. The fourth-order valence-corrected chi connectivity index (χ4v) is 9.72. The first-order valence-electron chi connectivity index (χ1n) is 24.9. The molecule has 12 rings (SSSR count). The van der Waals surface area contributed by atoms with Crippen LogP contribution < -0.4 is 9.80 Å². The molecule has 5 heteroatoms. The Kier molecular flexibility index (Phi) is 12.7. The molecule has 0 radical (unpaired) electrons. The minimum Gasteiger partial charge on any atom is -0.310 e. The van der Waals surface area contributed by atoms with Crippen molar-refractivity contribution in [2.45, 2.75) is 0 Å². The van der Waals surface area contributed by atoms with Gasteiger partial charge >= 0.3 is 0 Å². The van der Waals surface area contributed by atoms with Gasteiger partial charge in [0.15, 0.2) is 17.5 Å². The van der Waals surface area contributed by atoms with Crippen molar-refractivity contribution < 1.29 is 0 Å². The van der Waals surface area contributed by atoms with Crippen LogP contribution in [0.4, 0.5) is 34.1 Å². The molecule has 74 heavy (non-hydrogen) atoms. The van der Waals surface area contributed by atoms with Gasteiger partial charge in [0, 0.05) is 39.4 Å². The SMILES string of the molecule is c1ccc(-c2cccc(N(c3cccc(-c4ccccc4)c3)c3ccccc3-c3nc(-c4ccccc4)nc(-c4ccccc4N(c4cccc(-c5ccccc5)c4)c4cccc(-c5ccccc5)c4)n3)c2)cc1. The summed E-state index contributed by atoms with van der Waals surface area (Å²) in [6, 6.07) is 104. The highest BCUT2D eigenvalue weighted by molar-refractivity contribution is 5.92. The van der Waals surface area contributed by atoms with Gasteiger partial charge in [-0.3, -0.25) is 0 Å². The van der Waals surface area contributed by atoms with E-state index >= 15 is 0 Å². The molecule has 0 spiro atoms. The standard InChI is InChI=1S/C69H49N5/c1-6-24-50(25-7-1)55-34-20-38-59(46-55)73(60-39-21-35-56(47-60)51-26-8-2-9-27-51)65-44-18-16-42-63(65)68-70-67(54-32-14-5-15-33-54)71-69(72-68)64-43-17-19-45-66(64)74(61-40-22-36-57(48-61)52-28-10-3-11-29-52)62-41-23-37-58(49-62)53-30-12-4-13-31-53/h1-49H. The molecule has 5 nitrogen and oxygen atoms in total. The highest BCUT2D eigenvalue weighted by atomic mass is 15.2. The highest BCUT2D eigenvalue weighted by Gasteiger charge is 2.24. The van der Waals surface area contributed by atoms with Gasteiger partial charge in [-0.1, -0.05) is 224 Å². The number of hydrogen-bond donors (Lipinski definition) is 0. The van der Waals surface area contributed by atoms with E-state index in [0.29, 0.717) is 17.5 Å². The molecular weight excluding hydrogens is 899 g/mol. The van der Waals surface area contributed by atoms with Crippen molar-refractivity contribution >= 4 is 34.1 Å². The average Bonchev–Trinajstić information content (AvgIpc) is 3.49. The van der Waals surface area contributed by atoms with Crippen LogP contribution in [-0.2, 0) is 0 Å². The molecule has 11 aromatic carbocycles. The second-order valence-corrected chi connectivity index (χ2v) is 18.0. The molecule has 0 saturated carbocycles. The van der Waals surface area contributed by atoms with Gasteiger partial charge in [-0.15, -0.1) is 0 Å². The molecule has 0 aliphatic rings. The van der Waals surface area contributed by atoms with Crippen molar-refractivity contribution in [2.75, 3.05) is 9.80 Å². The summed E-state index contributed by atoms with van der Waals surface area (Å²) in [7, 11) is 0. The molecule has 1 heterocycles. The summed E-state index contributed by atoms with van der Waals surface area (Å²) in [5, 5.41) is 0. The van der Waals surface area contributed by atoms with Crippen LogP contribution in [-0.4, -0.2) is 15.0 Å². The van der Waals surface area contributed by atoms with E-state index in [1.54, 1.807) is 0 Å². The van der Waals surface area contributed by atoms with E-state index in [0.717, 1.165) is 95.3 Å². The third kappa shape index (κ3) is 9.49. The first-order valence-corrected chi connectivity index (χ1v) is 24.9. The van der Waals surface area contributed by atoms with Gasteiger partial charge in [0.25, 0.3) is 0 Å². The second kappa shape index (κ2) is 20.8. The van der Waals surface area contributed by atoms with E-state index in [1.165, 1.54) is 0 Å². The number of rotatable bonds is 13. The van der Waals surface area contributed by atoms with Gasteiger partial charge < -0.3 is 9.80 Å². The van der Waals surface area contributed by atoms with E-state index in [9.17, 15) is 0 Å². The van der Waals surface area contributed by atoms with Crippen LogP contribution >= 0.6 is 0 Å². The van der Waals surface area contributed by atoms with Gasteiger partial charge in [-0.2, -0.15) is 0 Å². The van der Waals surface area contributed by atoms with Crippen LogP contribution in [0.25, 0.3) is 78.7 Å². The van der Waals surface area contributed by atoms with Crippen molar-refractivity contribution in [3.8, 4) is 78.7 Å². The predicted molar refractivity (Wildman–Crippen MR) is 307 cm³/mol. The predicted octanol–water partition coefficient (Wildman–Crippen LogP) is 18.5. The molecule has 0 aliphatic heterocycles. The molecule has 0 bridgehead atoms. The minimum atomic E-state index is 0.548. The Bertz CT molecular complexity index is 3450. The molecule has 0 amide bonds. The lowest BCUT2D eigenvalue weighted by Crippen LogP contribution is -2.13. The number of anilines is 6. The third-order valence-corrected chi connectivity index (χ3v) is 13.3. The zero-order valence-corrected chi connectivity index (χ0v) is 40.5. The zero-order chi connectivity index (χ0) is 49.5. The minimum absolute atomic E-state index is 0.548. The number of hydrogen-bond acceptors (Lipinski definition) is 5. The largest absolute Gasteiger partial charge is 0.310 e. The fraction of sp³-hybridized carbons (Fsp3) is 0. The Hall–Kier alpha value is -9.97. The molecule has 0 saturated heterocycles. The van der Waals surface area contributed by atoms with E-state index in [1.807, 2.05) is 18.2 Å². The topological polar surface area (TPSA) is 45.2 Å². The maximum Gasteiger partial charge on any atom is 0.166 e. The monoisotopic (exact) mass is 947 g/mol. The summed E-state index contributed by atoms with van der Waals surface area (Å²) in [5.41, 5.74) is 17.4. The van der Waals surface area contributed by atoms with E-state index < -0.39 is 0 Å². The normalized spacial score (nSPS) is 11.0. The summed E-state index contributed by atoms with van der Waals surface area (Å²) in [6.07, 6.45) is 0. The van der Waals surface area contributed by atoms with Crippen molar-refractivity contribution in [3.63, 3.8) is 0 Å². The molecule has 350 valence electrons. The third-order valence-electron chi connectivity index (χ3n) is 13.3. The van der Waals surface area contributed by atoms with Crippen LogP contribution in [0.15, 0.2) is 297 Å². The van der Waals surface area contributed by atoms with Crippen LogP contribution in [0.1, 0.15) is 0 Å². The van der Waals surface area contributed by atoms with Gasteiger partial charge in [-0.25, -0.2) is 15.0 Å². The number of para-hydroxylation sites is 2. The average molecular weight is 948 g/mol.